The number of hydrogen-bond acceptors (Lipinski definition) is 5. The van der Waals surface area contributed by atoms with Crippen molar-refractivity contribution in [1.82, 2.24) is 5.32 Å². The summed E-state index contributed by atoms with van der Waals surface area (Å²) < 4.78 is 16.1. The molecule has 0 radical (unpaired) electrons. The van der Waals surface area contributed by atoms with Gasteiger partial charge in [0.15, 0.2) is 17.6 Å². The molecule has 0 aliphatic rings. The molecule has 134 valence electrons. The predicted octanol–water partition coefficient (Wildman–Crippen LogP) is 2.80. The average Bonchev–Trinajstić information content (AvgIpc) is 2.57. The van der Waals surface area contributed by atoms with E-state index in [0.717, 1.165) is 6.42 Å². The highest BCUT2D eigenvalue weighted by atomic mass is 16.5. The Morgan fingerprint density at radius 1 is 1.17 bits per heavy atom. The minimum Gasteiger partial charge on any atom is -0.493 e. The molecule has 0 saturated heterocycles. The van der Waals surface area contributed by atoms with E-state index >= 15 is 0 Å². The molecule has 0 aliphatic heterocycles. The third-order valence-electron chi connectivity index (χ3n) is 3.17. The molecular weight excluding hydrogens is 310 g/mol. The SMILES string of the molecule is CCCNC(=O)[C@@H](C)OC(=O)c1ccc(OCC(C)C)c(OC)c1. The number of esters is 1. The highest BCUT2D eigenvalue weighted by Crippen LogP contribution is 2.28. The van der Waals surface area contributed by atoms with Crippen LogP contribution in [-0.4, -0.2) is 38.2 Å². The maximum atomic E-state index is 12.2. The number of benzene rings is 1. The summed E-state index contributed by atoms with van der Waals surface area (Å²) in [4.78, 5) is 23.9. The number of ether oxygens (including phenoxy) is 3. The maximum absolute atomic E-state index is 12.2. The second-order valence-corrected chi connectivity index (χ2v) is 5.91. The first-order valence-corrected chi connectivity index (χ1v) is 8.18. The van der Waals surface area contributed by atoms with Crippen LogP contribution in [0.25, 0.3) is 0 Å². The topological polar surface area (TPSA) is 73.9 Å². The number of rotatable bonds is 9. The van der Waals surface area contributed by atoms with E-state index < -0.39 is 12.1 Å². The molecule has 0 spiro atoms. The summed E-state index contributed by atoms with van der Waals surface area (Å²) >= 11 is 0. The van der Waals surface area contributed by atoms with Gasteiger partial charge in [0.25, 0.3) is 5.91 Å². The van der Waals surface area contributed by atoms with Crippen LogP contribution >= 0.6 is 0 Å². The van der Waals surface area contributed by atoms with Crippen molar-refractivity contribution in [2.24, 2.45) is 5.92 Å². The average molecular weight is 337 g/mol. The third-order valence-corrected chi connectivity index (χ3v) is 3.17. The molecule has 0 fully saturated rings. The summed E-state index contributed by atoms with van der Waals surface area (Å²) in [5.41, 5.74) is 0.305. The molecule has 1 amide bonds. The third kappa shape index (κ3) is 6.10. The molecule has 1 rings (SSSR count). The molecule has 6 nitrogen and oxygen atoms in total. The number of hydrogen-bond donors (Lipinski definition) is 1. The van der Waals surface area contributed by atoms with E-state index in [-0.39, 0.29) is 5.91 Å². The number of methoxy groups -OCH3 is 1. The minimum atomic E-state index is -0.855. The zero-order valence-electron chi connectivity index (χ0n) is 15.0. The van der Waals surface area contributed by atoms with Crippen LogP contribution in [0.15, 0.2) is 18.2 Å². The van der Waals surface area contributed by atoms with Gasteiger partial charge in [0.2, 0.25) is 0 Å². The van der Waals surface area contributed by atoms with Crippen LogP contribution in [0.1, 0.15) is 44.5 Å². The number of amides is 1. The lowest BCUT2D eigenvalue weighted by molar-refractivity contribution is -0.129. The van der Waals surface area contributed by atoms with Crippen molar-refractivity contribution in [3.63, 3.8) is 0 Å². The Morgan fingerprint density at radius 2 is 1.88 bits per heavy atom. The van der Waals surface area contributed by atoms with E-state index in [1.54, 1.807) is 25.1 Å². The fraction of sp³-hybridized carbons (Fsp3) is 0.556. The van der Waals surface area contributed by atoms with Gasteiger partial charge in [-0.05, 0) is 37.5 Å². The smallest absolute Gasteiger partial charge is 0.339 e. The normalized spacial score (nSPS) is 11.8. The van der Waals surface area contributed by atoms with Gasteiger partial charge >= 0.3 is 5.97 Å². The van der Waals surface area contributed by atoms with Crippen LogP contribution in [0.5, 0.6) is 11.5 Å². The van der Waals surface area contributed by atoms with Crippen molar-refractivity contribution in [2.75, 3.05) is 20.3 Å². The largest absolute Gasteiger partial charge is 0.493 e. The molecule has 0 aliphatic carbocycles. The molecule has 1 aromatic rings. The molecular formula is C18H27NO5. The van der Waals surface area contributed by atoms with Crippen LogP contribution < -0.4 is 14.8 Å². The standard InChI is InChI=1S/C18H27NO5/c1-6-9-19-17(20)13(4)24-18(21)14-7-8-15(16(10-14)22-5)23-11-12(2)3/h7-8,10,12-13H,6,9,11H2,1-5H3,(H,19,20)/t13-/m1/s1. The summed E-state index contributed by atoms with van der Waals surface area (Å²) in [6, 6.07) is 4.81. The lowest BCUT2D eigenvalue weighted by atomic mass is 10.2. The molecule has 1 aromatic carbocycles. The number of carbonyl (C=O) groups excluding carboxylic acids is 2. The van der Waals surface area contributed by atoms with Gasteiger partial charge in [0.1, 0.15) is 0 Å². The molecule has 0 bridgehead atoms. The van der Waals surface area contributed by atoms with Crippen molar-refractivity contribution in [3.8, 4) is 11.5 Å². The van der Waals surface area contributed by atoms with Crippen LogP contribution in [0.4, 0.5) is 0 Å². The first-order chi connectivity index (χ1) is 11.4. The van der Waals surface area contributed by atoms with Crippen molar-refractivity contribution in [1.29, 1.82) is 0 Å². The lowest BCUT2D eigenvalue weighted by Gasteiger charge is -2.15. The molecule has 0 heterocycles. The summed E-state index contributed by atoms with van der Waals surface area (Å²) in [5, 5.41) is 2.69. The first-order valence-electron chi connectivity index (χ1n) is 8.18. The minimum absolute atomic E-state index is 0.305. The lowest BCUT2D eigenvalue weighted by Crippen LogP contribution is -2.36. The predicted molar refractivity (Wildman–Crippen MR) is 91.5 cm³/mol. The van der Waals surface area contributed by atoms with Gasteiger partial charge in [-0.1, -0.05) is 20.8 Å². The fourth-order valence-corrected chi connectivity index (χ4v) is 1.84. The fourth-order valence-electron chi connectivity index (χ4n) is 1.84. The van der Waals surface area contributed by atoms with Crippen molar-refractivity contribution < 1.29 is 23.8 Å². The molecule has 24 heavy (non-hydrogen) atoms. The van der Waals surface area contributed by atoms with Crippen LogP contribution in [0, 0.1) is 5.92 Å². The van der Waals surface area contributed by atoms with E-state index in [0.29, 0.717) is 36.1 Å². The van der Waals surface area contributed by atoms with Crippen molar-refractivity contribution in [2.45, 2.75) is 40.2 Å². The quantitative estimate of drug-likeness (QED) is 0.701. The van der Waals surface area contributed by atoms with Crippen molar-refractivity contribution >= 4 is 11.9 Å². The second kappa shape index (κ2) is 9.80. The summed E-state index contributed by atoms with van der Waals surface area (Å²) in [7, 11) is 1.51. The van der Waals surface area contributed by atoms with Crippen molar-refractivity contribution in [3.05, 3.63) is 23.8 Å². The Kier molecular flexibility index (Phi) is 8.09. The zero-order valence-corrected chi connectivity index (χ0v) is 15.0. The van der Waals surface area contributed by atoms with Crippen LogP contribution in [0.2, 0.25) is 0 Å². The van der Waals surface area contributed by atoms with E-state index in [9.17, 15) is 9.59 Å². The Hall–Kier alpha value is -2.24. The Labute approximate surface area is 143 Å². The Morgan fingerprint density at radius 3 is 2.46 bits per heavy atom. The van der Waals surface area contributed by atoms with E-state index in [4.69, 9.17) is 14.2 Å². The van der Waals surface area contributed by atoms with E-state index in [1.807, 2.05) is 20.8 Å². The van der Waals surface area contributed by atoms with Gasteiger partial charge in [0.05, 0.1) is 19.3 Å². The monoisotopic (exact) mass is 337 g/mol. The molecule has 0 aromatic heterocycles. The zero-order chi connectivity index (χ0) is 18.1. The van der Waals surface area contributed by atoms with Gasteiger partial charge in [-0.25, -0.2) is 4.79 Å². The second-order valence-electron chi connectivity index (χ2n) is 5.91. The molecule has 1 atom stereocenters. The van der Waals surface area contributed by atoms with E-state index in [2.05, 4.69) is 5.32 Å². The summed E-state index contributed by atoms with van der Waals surface area (Å²) in [6.45, 7) is 8.68. The summed E-state index contributed by atoms with van der Waals surface area (Å²) in [6.07, 6.45) is -0.0338. The maximum Gasteiger partial charge on any atom is 0.339 e. The highest BCUT2D eigenvalue weighted by Gasteiger charge is 2.19. The number of carbonyl (C=O) groups is 2. The van der Waals surface area contributed by atoms with Gasteiger partial charge in [-0.2, -0.15) is 0 Å². The molecule has 1 N–H and O–H groups in total. The Bertz CT molecular complexity index is 556. The van der Waals surface area contributed by atoms with Gasteiger partial charge in [0, 0.05) is 6.54 Å². The van der Waals surface area contributed by atoms with Gasteiger partial charge < -0.3 is 19.5 Å². The first kappa shape index (κ1) is 19.8. The van der Waals surface area contributed by atoms with Gasteiger partial charge in [-0.3, -0.25) is 4.79 Å². The summed E-state index contributed by atoms with van der Waals surface area (Å²) in [5.74, 6) is 0.503. The van der Waals surface area contributed by atoms with E-state index in [1.165, 1.54) is 7.11 Å². The highest BCUT2D eigenvalue weighted by molar-refractivity contribution is 5.92. The Balaban J connectivity index is 2.75. The van der Waals surface area contributed by atoms with Gasteiger partial charge in [-0.15, -0.1) is 0 Å². The number of nitrogens with one attached hydrogen (secondary N) is 1. The molecule has 0 unspecified atom stereocenters. The molecule has 6 heteroatoms. The van der Waals surface area contributed by atoms with Crippen LogP contribution in [0.3, 0.4) is 0 Å². The van der Waals surface area contributed by atoms with Crippen LogP contribution in [-0.2, 0) is 9.53 Å². The molecule has 0 saturated carbocycles.